The van der Waals surface area contributed by atoms with Gasteiger partial charge in [0.15, 0.2) is 0 Å². The predicted molar refractivity (Wildman–Crippen MR) is 94.1 cm³/mol. The first-order chi connectivity index (χ1) is 10.6. The number of fused-ring (bicyclic) bond motifs is 3. The minimum Gasteiger partial charge on any atom is -0.356 e. The first kappa shape index (κ1) is 14.4. The van der Waals surface area contributed by atoms with Crippen molar-refractivity contribution in [2.45, 2.75) is 58.8 Å². The van der Waals surface area contributed by atoms with E-state index in [-0.39, 0.29) is 0 Å². The third kappa shape index (κ3) is 2.32. The molecule has 0 bridgehead atoms. The Labute approximate surface area is 136 Å². The van der Waals surface area contributed by atoms with Gasteiger partial charge in [-0.15, -0.1) is 11.3 Å². The highest BCUT2D eigenvalue weighted by Crippen LogP contribution is 2.42. The molecule has 3 heterocycles. The van der Waals surface area contributed by atoms with Gasteiger partial charge in [0.2, 0.25) is 0 Å². The Morgan fingerprint density at radius 2 is 1.95 bits per heavy atom. The molecular weight excluding hydrogens is 290 g/mol. The summed E-state index contributed by atoms with van der Waals surface area (Å²) in [4.78, 5) is 15.2. The molecule has 3 nitrogen and oxygen atoms in total. The Kier molecular flexibility index (Phi) is 3.60. The Bertz CT molecular complexity index is 698. The van der Waals surface area contributed by atoms with Crippen LogP contribution in [-0.4, -0.2) is 23.1 Å². The zero-order chi connectivity index (χ0) is 15.3. The minimum atomic E-state index is 0.392. The van der Waals surface area contributed by atoms with Gasteiger partial charge in [-0.2, -0.15) is 0 Å². The number of nitrogens with zero attached hydrogens (tertiary/aromatic N) is 3. The van der Waals surface area contributed by atoms with Crippen LogP contribution in [0.3, 0.4) is 0 Å². The summed E-state index contributed by atoms with van der Waals surface area (Å²) < 4.78 is 0. The van der Waals surface area contributed by atoms with E-state index in [0.29, 0.717) is 5.92 Å². The quantitative estimate of drug-likeness (QED) is 0.814. The number of aryl methyl sites for hydroxylation is 1. The zero-order valence-corrected chi connectivity index (χ0v) is 14.7. The van der Waals surface area contributed by atoms with Crippen molar-refractivity contribution in [2.24, 2.45) is 5.92 Å². The van der Waals surface area contributed by atoms with Crippen LogP contribution >= 0.6 is 11.3 Å². The van der Waals surface area contributed by atoms with Crippen molar-refractivity contribution >= 4 is 27.4 Å². The molecule has 2 aromatic rings. The molecule has 0 radical (unpaired) electrons. The second-order valence-corrected chi connectivity index (χ2v) is 8.37. The summed E-state index contributed by atoms with van der Waals surface area (Å²) >= 11 is 1.93. The Hall–Kier alpha value is -1.16. The molecule has 0 amide bonds. The number of hydrogen-bond acceptors (Lipinski definition) is 4. The maximum atomic E-state index is 5.00. The lowest BCUT2D eigenvalue weighted by Gasteiger charge is -2.22. The van der Waals surface area contributed by atoms with Crippen LogP contribution in [0, 0.1) is 5.92 Å². The summed E-state index contributed by atoms with van der Waals surface area (Å²) in [6, 6.07) is 0. The molecule has 0 aromatic carbocycles. The Morgan fingerprint density at radius 1 is 1.18 bits per heavy atom. The first-order valence-electron chi connectivity index (χ1n) is 8.70. The molecule has 1 unspecified atom stereocenters. The molecule has 1 aliphatic heterocycles. The molecule has 2 aliphatic rings. The van der Waals surface area contributed by atoms with E-state index in [1.165, 1.54) is 48.1 Å². The second-order valence-electron chi connectivity index (χ2n) is 7.29. The van der Waals surface area contributed by atoms with Gasteiger partial charge in [0.1, 0.15) is 16.5 Å². The SMILES string of the molecule is CC1CCc2c(sc3nc(C(C)C)nc(N4CCCC4)c23)C1. The number of anilines is 1. The summed E-state index contributed by atoms with van der Waals surface area (Å²) in [5, 5.41) is 1.39. The number of hydrogen-bond donors (Lipinski definition) is 0. The fourth-order valence-corrected chi connectivity index (χ4v) is 5.14. The topological polar surface area (TPSA) is 29.0 Å². The third-order valence-electron chi connectivity index (χ3n) is 5.08. The molecule has 0 N–H and O–H groups in total. The Morgan fingerprint density at radius 3 is 2.68 bits per heavy atom. The normalized spacial score (nSPS) is 21.8. The average molecular weight is 315 g/mol. The molecular formula is C18H25N3S. The van der Waals surface area contributed by atoms with E-state index in [2.05, 4.69) is 25.7 Å². The van der Waals surface area contributed by atoms with Gasteiger partial charge < -0.3 is 4.90 Å². The molecule has 1 fully saturated rings. The van der Waals surface area contributed by atoms with E-state index in [9.17, 15) is 0 Å². The molecule has 2 aromatic heterocycles. The van der Waals surface area contributed by atoms with Gasteiger partial charge in [-0.05, 0) is 43.6 Å². The lowest BCUT2D eigenvalue weighted by atomic mass is 9.89. The summed E-state index contributed by atoms with van der Waals surface area (Å²) in [7, 11) is 0. The van der Waals surface area contributed by atoms with Crippen LogP contribution in [0.25, 0.3) is 10.2 Å². The second kappa shape index (κ2) is 5.48. The molecule has 1 aliphatic carbocycles. The van der Waals surface area contributed by atoms with E-state index in [0.717, 1.165) is 24.8 Å². The van der Waals surface area contributed by atoms with E-state index < -0.39 is 0 Å². The van der Waals surface area contributed by atoms with Crippen molar-refractivity contribution in [3.63, 3.8) is 0 Å². The molecule has 118 valence electrons. The van der Waals surface area contributed by atoms with Crippen LogP contribution in [0.15, 0.2) is 0 Å². The number of aromatic nitrogens is 2. The van der Waals surface area contributed by atoms with Gasteiger partial charge in [0, 0.05) is 23.9 Å². The van der Waals surface area contributed by atoms with Crippen LogP contribution in [0.4, 0.5) is 5.82 Å². The van der Waals surface area contributed by atoms with Crippen molar-refractivity contribution < 1.29 is 0 Å². The van der Waals surface area contributed by atoms with Gasteiger partial charge in [-0.1, -0.05) is 20.8 Å². The first-order valence-corrected chi connectivity index (χ1v) is 9.52. The molecule has 0 spiro atoms. The Balaban J connectivity index is 1.93. The van der Waals surface area contributed by atoms with Crippen molar-refractivity contribution in [2.75, 3.05) is 18.0 Å². The van der Waals surface area contributed by atoms with E-state index in [1.807, 2.05) is 11.3 Å². The minimum absolute atomic E-state index is 0.392. The maximum Gasteiger partial charge on any atom is 0.141 e. The summed E-state index contributed by atoms with van der Waals surface area (Å²) in [5.41, 5.74) is 1.57. The van der Waals surface area contributed by atoms with Crippen LogP contribution in [0.5, 0.6) is 0 Å². The number of rotatable bonds is 2. The average Bonchev–Trinajstić information content (AvgIpc) is 3.12. The van der Waals surface area contributed by atoms with Crippen molar-refractivity contribution in [1.82, 2.24) is 9.97 Å². The van der Waals surface area contributed by atoms with E-state index >= 15 is 0 Å². The number of thiophene rings is 1. The molecule has 4 rings (SSSR count). The van der Waals surface area contributed by atoms with E-state index in [1.54, 1.807) is 10.4 Å². The molecule has 1 saturated heterocycles. The van der Waals surface area contributed by atoms with Crippen LogP contribution in [-0.2, 0) is 12.8 Å². The highest BCUT2D eigenvalue weighted by molar-refractivity contribution is 7.19. The van der Waals surface area contributed by atoms with Gasteiger partial charge >= 0.3 is 0 Å². The largest absolute Gasteiger partial charge is 0.356 e. The molecule has 1 atom stereocenters. The highest BCUT2D eigenvalue weighted by Gasteiger charge is 2.27. The smallest absolute Gasteiger partial charge is 0.141 e. The fourth-order valence-electron chi connectivity index (χ4n) is 3.76. The van der Waals surface area contributed by atoms with Crippen LogP contribution in [0.2, 0.25) is 0 Å². The lowest BCUT2D eigenvalue weighted by Crippen LogP contribution is -2.21. The summed E-state index contributed by atoms with van der Waals surface area (Å²) in [6.45, 7) is 9.09. The van der Waals surface area contributed by atoms with Gasteiger partial charge in [-0.3, -0.25) is 0 Å². The van der Waals surface area contributed by atoms with Crippen molar-refractivity contribution in [3.8, 4) is 0 Å². The standard InChI is InChI=1S/C18H25N3S/c1-11(2)16-19-17(21-8-4-5-9-21)15-13-7-6-12(3)10-14(13)22-18(15)20-16/h11-12H,4-10H2,1-3H3. The van der Waals surface area contributed by atoms with E-state index in [4.69, 9.17) is 9.97 Å². The monoisotopic (exact) mass is 315 g/mol. The zero-order valence-electron chi connectivity index (χ0n) is 13.9. The van der Waals surface area contributed by atoms with Crippen molar-refractivity contribution in [1.29, 1.82) is 0 Å². The van der Waals surface area contributed by atoms with Crippen molar-refractivity contribution in [3.05, 3.63) is 16.3 Å². The van der Waals surface area contributed by atoms with Gasteiger partial charge in [0.05, 0.1) is 5.39 Å². The highest BCUT2D eigenvalue weighted by atomic mass is 32.1. The lowest BCUT2D eigenvalue weighted by molar-refractivity contribution is 0.509. The molecule has 4 heteroatoms. The van der Waals surface area contributed by atoms with Crippen LogP contribution in [0.1, 0.15) is 62.2 Å². The third-order valence-corrected chi connectivity index (χ3v) is 6.22. The van der Waals surface area contributed by atoms with Gasteiger partial charge in [0.25, 0.3) is 0 Å². The summed E-state index contributed by atoms with van der Waals surface area (Å²) in [5.74, 6) is 3.46. The summed E-state index contributed by atoms with van der Waals surface area (Å²) in [6.07, 6.45) is 6.34. The predicted octanol–water partition coefficient (Wildman–Crippen LogP) is 4.54. The molecule has 22 heavy (non-hydrogen) atoms. The molecule has 0 saturated carbocycles. The van der Waals surface area contributed by atoms with Gasteiger partial charge in [-0.25, -0.2) is 9.97 Å². The maximum absolute atomic E-state index is 5.00. The fraction of sp³-hybridized carbons (Fsp3) is 0.667. The van der Waals surface area contributed by atoms with Crippen LogP contribution < -0.4 is 4.90 Å².